The number of para-hydroxylation sites is 8. The Hall–Kier alpha value is -5.38. The molecule has 8 aromatic rings. The second-order valence-corrected chi connectivity index (χ2v) is 26.2. The molecule has 0 bridgehead atoms. The van der Waals surface area contributed by atoms with Crippen LogP contribution in [0.1, 0.15) is 0 Å². The lowest BCUT2D eigenvalue weighted by Gasteiger charge is -2.27. The molecule has 18 heteroatoms. The summed E-state index contributed by atoms with van der Waals surface area (Å²) >= 11 is 23.6. The van der Waals surface area contributed by atoms with Crippen LogP contribution in [0.5, 0.6) is 46.0 Å². The van der Waals surface area contributed by atoms with E-state index in [1.807, 2.05) is 146 Å². The lowest BCUT2D eigenvalue weighted by Crippen LogP contribution is -2.64. The highest BCUT2D eigenvalue weighted by Crippen LogP contribution is 2.50. The first-order valence-electron chi connectivity index (χ1n) is 20.0. The molecule has 8 aromatic carbocycles. The first kappa shape index (κ1) is 48.6. The van der Waals surface area contributed by atoms with E-state index >= 15 is 0 Å². The van der Waals surface area contributed by atoms with Crippen molar-refractivity contribution in [1.82, 2.24) is 0 Å². The van der Waals surface area contributed by atoms with E-state index in [0.717, 1.165) is 0 Å². The maximum atomic E-state index is 6.17. The number of hydrogen-bond acceptors (Lipinski definition) is 12. The molecule has 0 saturated carbocycles. The molecule has 0 radical (unpaired) electrons. The van der Waals surface area contributed by atoms with E-state index in [2.05, 4.69) is 9.03 Å². The topological polar surface area (TPSA) is 102 Å². The van der Waals surface area contributed by atoms with Crippen LogP contribution in [0.3, 0.4) is 0 Å². The van der Waals surface area contributed by atoms with Crippen molar-refractivity contribution in [3.8, 4) is 46.0 Å². The third kappa shape index (κ3) is 15.9. The van der Waals surface area contributed by atoms with Crippen LogP contribution in [0, 0.1) is 0 Å². The highest BCUT2D eigenvalue weighted by Gasteiger charge is 2.36. The first-order valence-corrected chi connectivity index (χ1v) is 30.6. The maximum Gasteiger partial charge on any atom is 0.563 e. The van der Waals surface area contributed by atoms with Crippen molar-refractivity contribution in [3.63, 3.8) is 0 Å². The van der Waals surface area contributed by atoms with Gasteiger partial charge in [-0.2, -0.15) is 0 Å². The van der Waals surface area contributed by atoms with Gasteiger partial charge < -0.3 is 60.7 Å². The summed E-state index contributed by atoms with van der Waals surface area (Å²) in [4.78, 5) is 0. The Morgan fingerprint density at radius 3 is 0.530 bits per heavy atom. The van der Waals surface area contributed by atoms with Crippen molar-refractivity contribution < 1.29 is 45.2 Å². The predicted molar refractivity (Wildman–Crippen MR) is 276 cm³/mol. The molecule has 66 heavy (non-hydrogen) atoms. The number of hydrogen-bond donors (Lipinski definition) is 2. The van der Waals surface area contributed by atoms with Crippen molar-refractivity contribution in [2.45, 2.75) is 0 Å². The fourth-order valence-electron chi connectivity index (χ4n) is 5.50. The summed E-state index contributed by atoms with van der Waals surface area (Å²) in [5.74, 6) is 4.37. The third-order valence-corrected chi connectivity index (χ3v) is 20.5. The van der Waals surface area contributed by atoms with Crippen LogP contribution in [0.15, 0.2) is 243 Å². The minimum Gasteiger partial charge on any atom is -0.602 e. The molecule has 0 aliphatic rings. The molecule has 0 saturated heterocycles. The molecular weight excluding hydrogens is 985 g/mol. The van der Waals surface area contributed by atoms with Crippen molar-refractivity contribution in [2.75, 3.05) is 0 Å². The monoisotopic (exact) mass is 1030 g/mol. The van der Waals surface area contributed by atoms with Crippen molar-refractivity contribution in [1.29, 1.82) is 0 Å². The summed E-state index contributed by atoms with van der Waals surface area (Å²) in [5, 5.41) is 0. The van der Waals surface area contributed by atoms with Gasteiger partial charge in [-0.25, -0.2) is 0 Å². The van der Waals surface area contributed by atoms with Gasteiger partial charge in [0.2, 0.25) is 0 Å². The maximum absolute atomic E-state index is 6.17. The van der Waals surface area contributed by atoms with Crippen LogP contribution in [-0.2, 0) is 48.1 Å². The van der Waals surface area contributed by atoms with E-state index in [1.165, 1.54) is 0 Å². The van der Waals surface area contributed by atoms with E-state index in [1.54, 1.807) is 97.1 Å². The zero-order valence-corrected chi connectivity index (χ0v) is 41.6. The molecule has 0 spiro atoms. The highest BCUT2D eigenvalue weighted by atomic mass is 32.7. The average Bonchev–Trinajstić information content (AvgIpc) is 3.31. The number of benzene rings is 8. The zero-order valence-electron chi connectivity index (χ0n) is 34.8. The van der Waals surface area contributed by atoms with E-state index in [9.17, 15) is 0 Å². The SMILES string of the molecule is S=P([NH+]=P([S-])(Oc1ccccc1)Oc1ccccc1)(Oc1ccccc1)Oc1ccccc1.S=P([NH+]=P([S-])(Oc1ccccc1)Oc1ccccc1)(Oc1ccccc1)Oc1ccccc1. The summed E-state index contributed by atoms with van der Waals surface area (Å²) in [7, 11) is 0. The van der Waals surface area contributed by atoms with Crippen LogP contribution in [0.25, 0.3) is 0 Å². The average molecular weight is 1030 g/mol. The summed E-state index contributed by atoms with van der Waals surface area (Å²) in [6.45, 7) is -13.1. The summed E-state index contributed by atoms with van der Waals surface area (Å²) in [6, 6.07) is 73.7. The molecule has 2 N–H and O–H groups in total. The molecule has 0 atom stereocenters. The second kappa shape index (κ2) is 23.9. The van der Waals surface area contributed by atoms with Crippen molar-refractivity contribution in [3.05, 3.63) is 243 Å². The van der Waals surface area contributed by atoms with Gasteiger partial charge in [-0.1, -0.05) is 146 Å². The molecule has 0 heterocycles. The Bertz CT molecular complexity index is 2540. The van der Waals surface area contributed by atoms with E-state index in [0.29, 0.717) is 46.0 Å². The van der Waals surface area contributed by atoms with Crippen LogP contribution in [0.4, 0.5) is 0 Å². The lowest BCUT2D eigenvalue weighted by atomic mass is 10.3. The third-order valence-electron chi connectivity index (χ3n) is 8.24. The molecule has 0 unspecified atom stereocenters. The Morgan fingerprint density at radius 1 is 0.242 bits per heavy atom. The quantitative estimate of drug-likeness (QED) is 0.0632. The van der Waals surface area contributed by atoms with E-state index in [-0.39, 0.29) is 0 Å². The van der Waals surface area contributed by atoms with Gasteiger partial charge in [0, 0.05) is 0 Å². The smallest absolute Gasteiger partial charge is 0.563 e. The zero-order chi connectivity index (χ0) is 46.0. The Morgan fingerprint density at radius 2 is 0.379 bits per heavy atom. The second-order valence-electron chi connectivity index (χ2n) is 13.4. The summed E-state index contributed by atoms with van der Waals surface area (Å²) in [6.07, 6.45) is 0. The summed E-state index contributed by atoms with van der Waals surface area (Å²) < 4.78 is 55.7. The van der Waals surface area contributed by atoms with Gasteiger partial charge in [0.25, 0.3) is 0 Å². The normalized spacial score (nSPS) is 11.3. The van der Waals surface area contributed by atoms with Gasteiger partial charge in [0.05, 0.1) is 23.6 Å². The number of nitrogens with one attached hydrogen (secondary N) is 2. The first-order chi connectivity index (χ1) is 32.0. The Balaban J connectivity index is 0.000000196. The number of rotatable bonds is 18. The Labute approximate surface area is 406 Å². The fourth-order valence-corrected chi connectivity index (χ4v) is 19.4. The molecule has 0 aliphatic heterocycles. The molecule has 8 rings (SSSR count). The minimum atomic E-state index is -3.28. The molecule has 0 aromatic heterocycles. The molecule has 336 valence electrons. The van der Waals surface area contributed by atoms with Gasteiger partial charge >= 0.3 is 26.7 Å². The van der Waals surface area contributed by atoms with Gasteiger partial charge in [-0.15, -0.1) is 9.03 Å². The molecular formula is C48H42N2O8P4S4. The van der Waals surface area contributed by atoms with Crippen molar-refractivity contribution in [2.24, 2.45) is 0 Å². The van der Waals surface area contributed by atoms with E-state index in [4.69, 9.17) is 84.3 Å². The highest BCUT2D eigenvalue weighted by molar-refractivity contribution is 8.33. The molecule has 0 amide bonds. The largest absolute Gasteiger partial charge is 0.602 e. The minimum absolute atomic E-state index is 0.547. The van der Waals surface area contributed by atoms with Gasteiger partial charge in [0.15, 0.2) is 0 Å². The van der Waals surface area contributed by atoms with E-state index < -0.39 is 26.7 Å². The summed E-state index contributed by atoms with van der Waals surface area (Å²) in [5.41, 5.74) is 0. The standard InChI is InChI=1S/2C24H20NO4P2S2/c2*32-30(26-21-13-5-1-6-14-21,27-22-15-7-2-8-16-22)25-31(33,28-23-17-9-3-10-18-23)29-24-19-11-4-12-20-24/h2*1-20H/q2*-1/p+2. The van der Waals surface area contributed by atoms with Crippen LogP contribution in [0.2, 0.25) is 0 Å². The fraction of sp³-hybridized carbons (Fsp3) is 0. The van der Waals surface area contributed by atoms with Gasteiger partial charge in [0.1, 0.15) is 46.0 Å². The molecule has 0 aliphatic carbocycles. The van der Waals surface area contributed by atoms with Gasteiger partial charge in [-0.3, -0.25) is 0 Å². The molecule has 10 nitrogen and oxygen atoms in total. The molecule has 0 fully saturated rings. The lowest BCUT2D eigenvalue weighted by molar-refractivity contribution is -0.277. The Kier molecular flexibility index (Phi) is 17.6. The predicted octanol–water partition coefficient (Wildman–Crippen LogP) is 12.2. The van der Waals surface area contributed by atoms with Crippen LogP contribution >= 0.6 is 26.7 Å². The van der Waals surface area contributed by atoms with Crippen molar-refractivity contribution >= 4 is 74.8 Å². The van der Waals surface area contributed by atoms with Crippen LogP contribution in [-0.4, -0.2) is 0 Å². The van der Waals surface area contributed by atoms with Crippen LogP contribution < -0.4 is 45.2 Å². The van der Waals surface area contributed by atoms with Gasteiger partial charge in [-0.05, 0) is 97.1 Å².